The lowest BCUT2D eigenvalue weighted by molar-refractivity contribution is -0.0775. The van der Waals surface area contributed by atoms with E-state index in [0.29, 0.717) is 17.0 Å². The first-order valence-corrected chi connectivity index (χ1v) is 9.67. The van der Waals surface area contributed by atoms with Gasteiger partial charge in [-0.2, -0.15) is 0 Å². The Kier molecular flexibility index (Phi) is 7.70. The molecule has 1 N–H and O–H groups in total. The van der Waals surface area contributed by atoms with Gasteiger partial charge < -0.3 is 10.0 Å². The first-order chi connectivity index (χ1) is 12.4. The second kappa shape index (κ2) is 9.38. The highest BCUT2D eigenvalue weighted by molar-refractivity contribution is 6.31. The van der Waals surface area contributed by atoms with Gasteiger partial charge in [0.15, 0.2) is 0 Å². The lowest BCUT2D eigenvalue weighted by Gasteiger charge is -2.46. The quantitative estimate of drug-likeness (QED) is 0.684. The van der Waals surface area contributed by atoms with Crippen LogP contribution in [0, 0.1) is 11.7 Å². The predicted octanol–water partition coefficient (Wildman–Crippen LogP) is 5.67. The van der Waals surface area contributed by atoms with Gasteiger partial charge in [-0.25, -0.2) is 4.39 Å². The van der Waals surface area contributed by atoms with Crippen LogP contribution in [-0.4, -0.2) is 29.7 Å². The number of benzene rings is 2. The van der Waals surface area contributed by atoms with Gasteiger partial charge in [0.2, 0.25) is 0 Å². The highest BCUT2D eigenvalue weighted by atomic mass is 35.5. The Bertz CT molecular complexity index is 720. The van der Waals surface area contributed by atoms with E-state index in [-0.39, 0.29) is 36.6 Å². The molecule has 0 aromatic heterocycles. The number of halogens is 3. The van der Waals surface area contributed by atoms with Crippen molar-refractivity contribution in [1.82, 2.24) is 4.90 Å². The molecule has 2 aromatic carbocycles. The predicted molar refractivity (Wildman–Crippen MR) is 112 cm³/mol. The van der Waals surface area contributed by atoms with Crippen molar-refractivity contribution in [1.29, 1.82) is 0 Å². The lowest BCUT2D eigenvalue weighted by Crippen LogP contribution is -2.48. The summed E-state index contributed by atoms with van der Waals surface area (Å²) in [5.74, 6) is -0.319. The summed E-state index contributed by atoms with van der Waals surface area (Å²) in [6.45, 7) is 0. The first kappa shape index (κ1) is 22.2. The van der Waals surface area contributed by atoms with Gasteiger partial charge in [0.05, 0.1) is 5.60 Å². The van der Waals surface area contributed by atoms with Crippen LogP contribution in [0.25, 0.3) is 0 Å². The standard InChI is InChI=1S/C22H27ClFNO.ClH/c1-25(2)21(16-9-4-3-5-10-16)18-11-6-7-14-22(18,26)15-17-19(23)12-8-13-20(17)24;/h3-5,8-10,12-13,18,21,26H,6-7,11,14-15H2,1-2H3;1H. The van der Waals surface area contributed by atoms with Crippen molar-refractivity contribution >= 4 is 24.0 Å². The minimum absolute atomic E-state index is 0. The maximum atomic E-state index is 14.4. The summed E-state index contributed by atoms with van der Waals surface area (Å²) in [4.78, 5) is 2.17. The van der Waals surface area contributed by atoms with E-state index in [4.69, 9.17) is 11.6 Å². The van der Waals surface area contributed by atoms with Gasteiger partial charge in [0.25, 0.3) is 0 Å². The molecule has 0 saturated heterocycles. The van der Waals surface area contributed by atoms with Crippen molar-refractivity contribution < 1.29 is 9.50 Å². The van der Waals surface area contributed by atoms with Gasteiger partial charge in [-0.05, 0) is 44.6 Å². The summed E-state index contributed by atoms with van der Waals surface area (Å²) < 4.78 is 14.4. The highest BCUT2D eigenvalue weighted by Crippen LogP contribution is 2.45. The molecule has 1 aliphatic rings. The van der Waals surface area contributed by atoms with Crippen LogP contribution in [0.1, 0.15) is 42.9 Å². The Hall–Kier alpha value is -1.13. The Morgan fingerprint density at radius 2 is 1.85 bits per heavy atom. The van der Waals surface area contributed by atoms with Crippen LogP contribution in [0.4, 0.5) is 4.39 Å². The molecule has 2 aromatic rings. The average Bonchev–Trinajstić information content (AvgIpc) is 2.61. The monoisotopic (exact) mass is 411 g/mol. The normalized spacial score (nSPS) is 23.7. The van der Waals surface area contributed by atoms with Crippen molar-refractivity contribution in [2.45, 2.75) is 43.7 Å². The van der Waals surface area contributed by atoms with Crippen LogP contribution in [0.5, 0.6) is 0 Å². The van der Waals surface area contributed by atoms with Crippen molar-refractivity contribution in [3.05, 3.63) is 70.5 Å². The molecule has 1 aliphatic carbocycles. The Labute approximate surface area is 172 Å². The molecule has 0 bridgehead atoms. The number of nitrogens with zero attached hydrogens (tertiary/aromatic N) is 1. The zero-order chi connectivity index (χ0) is 18.7. The zero-order valence-electron chi connectivity index (χ0n) is 15.9. The maximum absolute atomic E-state index is 14.4. The number of aliphatic hydroxyl groups is 1. The van der Waals surface area contributed by atoms with Crippen molar-refractivity contribution in [3.63, 3.8) is 0 Å². The van der Waals surface area contributed by atoms with E-state index in [9.17, 15) is 9.50 Å². The third-order valence-electron chi connectivity index (χ3n) is 5.69. The van der Waals surface area contributed by atoms with Gasteiger partial charge in [-0.1, -0.05) is 60.8 Å². The molecule has 0 heterocycles. The van der Waals surface area contributed by atoms with E-state index in [1.807, 2.05) is 32.3 Å². The van der Waals surface area contributed by atoms with Gasteiger partial charge in [0.1, 0.15) is 5.82 Å². The fourth-order valence-electron chi connectivity index (χ4n) is 4.47. The van der Waals surface area contributed by atoms with Crippen LogP contribution in [0.15, 0.2) is 48.5 Å². The van der Waals surface area contributed by atoms with Gasteiger partial charge in [-0.15, -0.1) is 12.4 Å². The van der Waals surface area contributed by atoms with Crippen molar-refractivity contribution in [2.75, 3.05) is 14.1 Å². The summed E-state index contributed by atoms with van der Waals surface area (Å²) in [5.41, 5.74) is 0.631. The highest BCUT2D eigenvalue weighted by Gasteiger charge is 2.45. The topological polar surface area (TPSA) is 23.5 Å². The number of hydrogen-bond acceptors (Lipinski definition) is 2. The van der Waals surface area contributed by atoms with Crippen LogP contribution in [0.2, 0.25) is 5.02 Å². The minimum Gasteiger partial charge on any atom is -0.389 e. The van der Waals surface area contributed by atoms with E-state index in [1.54, 1.807) is 12.1 Å². The second-order valence-corrected chi connectivity index (χ2v) is 8.06. The van der Waals surface area contributed by atoms with Crippen LogP contribution in [-0.2, 0) is 6.42 Å². The minimum atomic E-state index is -0.977. The third-order valence-corrected chi connectivity index (χ3v) is 6.04. The fourth-order valence-corrected chi connectivity index (χ4v) is 4.70. The fraction of sp³-hybridized carbons (Fsp3) is 0.455. The summed E-state index contributed by atoms with van der Waals surface area (Å²) in [6.07, 6.45) is 3.86. The van der Waals surface area contributed by atoms with Crippen LogP contribution >= 0.6 is 24.0 Å². The largest absolute Gasteiger partial charge is 0.389 e. The molecule has 1 saturated carbocycles. The van der Waals surface area contributed by atoms with Crippen LogP contribution < -0.4 is 0 Å². The van der Waals surface area contributed by atoms with Crippen LogP contribution in [0.3, 0.4) is 0 Å². The van der Waals surface area contributed by atoms with E-state index in [2.05, 4.69) is 17.0 Å². The van der Waals surface area contributed by atoms with Gasteiger partial charge >= 0.3 is 0 Å². The maximum Gasteiger partial charge on any atom is 0.127 e. The molecule has 0 amide bonds. The molecule has 2 nitrogen and oxygen atoms in total. The summed E-state index contributed by atoms with van der Waals surface area (Å²) >= 11 is 6.26. The molecule has 0 spiro atoms. The molecule has 27 heavy (non-hydrogen) atoms. The molecule has 3 unspecified atom stereocenters. The molecule has 148 valence electrons. The number of hydrogen-bond donors (Lipinski definition) is 1. The summed E-state index contributed by atoms with van der Waals surface area (Å²) in [5, 5.41) is 12.1. The third kappa shape index (κ3) is 4.83. The molecular weight excluding hydrogens is 384 g/mol. The molecular formula is C22H28Cl2FNO. The smallest absolute Gasteiger partial charge is 0.127 e. The van der Waals surface area contributed by atoms with E-state index in [1.165, 1.54) is 11.6 Å². The molecule has 5 heteroatoms. The number of rotatable bonds is 5. The average molecular weight is 412 g/mol. The molecule has 3 atom stereocenters. The molecule has 3 rings (SSSR count). The van der Waals surface area contributed by atoms with E-state index in [0.717, 1.165) is 19.3 Å². The summed E-state index contributed by atoms with van der Waals surface area (Å²) in [7, 11) is 4.09. The zero-order valence-corrected chi connectivity index (χ0v) is 17.4. The summed E-state index contributed by atoms with van der Waals surface area (Å²) in [6, 6.07) is 15.1. The SMILES string of the molecule is CN(C)C(c1ccccc1)C1CCCCC1(O)Cc1c(F)cccc1Cl.Cl. The van der Waals surface area contributed by atoms with Crippen molar-refractivity contribution in [3.8, 4) is 0 Å². The Morgan fingerprint density at radius 3 is 2.48 bits per heavy atom. The van der Waals surface area contributed by atoms with E-state index < -0.39 is 5.60 Å². The lowest BCUT2D eigenvalue weighted by atomic mass is 9.67. The molecule has 1 fully saturated rings. The first-order valence-electron chi connectivity index (χ1n) is 9.29. The van der Waals surface area contributed by atoms with Gasteiger partial charge in [0, 0.05) is 29.0 Å². The van der Waals surface area contributed by atoms with Gasteiger partial charge in [-0.3, -0.25) is 0 Å². The second-order valence-electron chi connectivity index (χ2n) is 7.65. The molecule has 0 aliphatic heterocycles. The Morgan fingerprint density at radius 1 is 1.15 bits per heavy atom. The van der Waals surface area contributed by atoms with E-state index >= 15 is 0 Å². The molecule has 0 radical (unpaired) electrons. The Balaban J connectivity index is 0.00000261. The van der Waals surface area contributed by atoms with Crippen molar-refractivity contribution in [2.24, 2.45) is 5.92 Å².